The van der Waals surface area contributed by atoms with Crippen molar-refractivity contribution in [1.82, 2.24) is 0 Å². The number of benzene rings is 1. The standard InChI is InChI=1S/C10H15N.H2O4S/c1-9(11)7-8-10-5-3-2-4-6-10;1-5(2,3)4/h2-6,9H,7-8,11H2,1H3;(H2,1,2,3,4). The van der Waals surface area contributed by atoms with Crippen LogP contribution < -0.4 is 5.73 Å². The van der Waals surface area contributed by atoms with Crippen molar-refractivity contribution in [2.75, 3.05) is 0 Å². The number of hydrogen-bond acceptors (Lipinski definition) is 3. The van der Waals surface area contributed by atoms with Crippen LogP contribution in [0.25, 0.3) is 0 Å². The lowest BCUT2D eigenvalue weighted by Crippen LogP contribution is -2.15. The minimum absolute atomic E-state index is 0.315. The fourth-order valence-electron chi connectivity index (χ4n) is 1.04. The molecule has 0 saturated carbocycles. The molecule has 0 aliphatic rings. The van der Waals surface area contributed by atoms with Crippen molar-refractivity contribution in [3.8, 4) is 0 Å². The van der Waals surface area contributed by atoms with Crippen LogP contribution in [0.1, 0.15) is 18.9 Å². The SMILES string of the molecule is CC(N)CCc1ccccc1.O=S(=O)(O)O. The Balaban J connectivity index is 0.000000385. The summed E-state index contributed by atoms with van der Waals surface area (Å²) in [6, 6.07) is 10.8. The summed E-state index contributed by atoms with van der Waals surface area (Å²) in [5, 5.41) is 0. The minimum Gasteiger partial charge on any atom is -0.328 e. The van der Waals surface area contributed by atoms with Crippen LogP contribution in [0.5, 0.6) is 0 Å². The van der Waals surface area contributed by atoms with Crippen LogP contribution in [0.15, 0.2) is 30.3 Å². The summed E-state index contributed by atoms with van der Waals surface area (Å²) in [6.45, 7) is 2.04. The van der Waals surface area contributed by atoms with E-state index >= 15 is 0 Å². The Morgan fingerprint density at radius 2 is 1.69 bits per heavy atom. The first-order valence-electron chi connectivity index (χ1n) is 4.78. The molecule has 0 aliphatic heterocycles. The van der Waals surface area contributed by atoms with Gasteiger partial charge in [0.2, 0.25) is 0 Å². The van der Waals surface area contributed by atoms with Crippen molar-refractivity contribution in [3.63, 3.8) is 0 Å². The summed E-state index contributed by atoms with van der Waals surface area (Å²) >= 11 is 0. The zero-order valence-electron chi connectivity index (χ0n) is 9.07. The third-order valence-corrected chi connectivity index (χ3v) is 1.73. The van der Waals surface area contributed by atoms with Gasteiger partial charge in [-0.2, -0.15) is 8.42 Å². The highest BCUT2D eigenvalue weighted by Crippen LogP contribution is 2.02. The molecule has 0 bridgehead atoms. The Morgan fingerprint density at radius 3 is 2.06 bits per heavy atom. The first-order chi connectivity index (χ1) is 7.29. The Labute approximate surface area is 95.9 Å². The Bertz CT molecular complexity index is 367. The maximum atomic E-state index is 8.74. The molecule has 0 heterocycles. The van der Waals surface area contributed by atoms with E-state index in [1.165, 1.54) is 5.56 Å². The summed E-state index contributed by atoms with van der Waals surface area (Å²) in [4.78, 5) is 0. The van der Waals surface area contributed by atoms with Gasteiger partial charge in [-0.25, -0.2) is 0 Å². The third kappa shape index (κ3) is 13.1. The highest BCUT2D eigenvalue weighted by atomic mass is 32.3. The molecule has 0 saturated heterocycles. The smallest absolute Gasteiger partial charge is 0.328 e. The summed E-state index contributed by atoms with van der Waals surface area (Å²) in [5.74, 6) is 0. The van der Waals surface area contributed by atoms with E-state index in [9.17, 15) is 0 Å². The summed E-state index contributed by atoms with van der Waals surface area (Å²) < 4.78 is 31.6. The molecule has 0 aromatic heterocycles. The van der Waals surface area contributed by atoms with Gasteiger partial charge in [-0.1, -0.05) is 30.3 Å². The van der Waals surface area contributed by atoms with Gasteiger partial charge in [-0.15, -0.1) is 0 Å². The first-order valence-corrected chi connectivity index (χ1v) is 6.18. The summed E-state index contributed by atoms with van der Waals surface area (Å²) in [6.07, 6.45) is 2.17. The van der Waals surface area contributed by atoms with Crippen LogP contribution in [-0.4, -0.2) is 23.6 Å². The van der Waals surface area contributed by atoms with E-state index in [-0.39, 0.29) is 0 Å². The van der Waals surface area contributed by atoms with Gasteiger partial charge >= 0.3 is 10.4 Å². The zero-order chi connectivity index (χ0) is 12.6. The van der Waals surface area contributed by atoms with Gasteiger partial charge in [0.05, 0.1) is 0 Å². The first kappa shape index (κ1) is 15.0. The molecule has 1 aromatic rings. The number of hydrogen-bond donors (Lipinski definition) is 3. The lowest BCUT2D eigenvalue weighted by atomic mass is 10.1. The molecule has 16 heavy (non-hydrogen) atoms. The lowest BCUT2D eigenvalue weighted by Gasteiger charge is -2.03. The monoisotopic (exact) mass is 247 g/mol. The van der Waals surface area contributed by atoms with Crippen LogP contribution >= 0.6 is 0 Å². The van der Waals surface area contributed by atoms with E-state index < -0.39 is 10.4 Å². The second kappa shape index (κ2) is 7.34. The fraction of sp³-hybridized carbons (Fsp3) is 0.400. The fourth-order valence-corrected chi connectivity index (χ4v) is 1.04. The molecular formula is C10H17NO4S. The lowest BCUT2D eigenvalue weighted by molar-refractivity contribution is 0.381. The van der Waals surface area contributed by atoms with Gasteiger partial charge in [0.25, 0.3) is 0 Å². The van der Waals surface area contributed by atoms with Crippen molar-refractivity contribution in [2.45, 2.75) is 25.8 Å². The highest BCUT2D eigenvalue weighted by molar-refractivity contribution is 7.79. The average molecular weight is 247 g/mol. The van der Waals surface area contributed by atoms with Crippen molar-refractivity contribution in [2.24, 2.45) is 5.73 Å². The van der Waals surface area contributed by atoms with Crippen LogP contribution in [0.3, 0.4) is 0 Å². The number of aryl methyl sites for hydroxylation is 1. The third-order valence-electron chi connectivity index (χ3n) is 1.73. The van der Waals surface area contributed by atoms with E-state index in [1.54, 1.807) is 0 Å². The second-order valence-corrected chi connectivity index (χ2v) is 4.35. The highest BCUT2D eigenvalue weighted by Gasteiger charge is 1.94. The average Bonchev–Trinajstić information content (AvgIpc) is 2.14. The summed E-state index contributed by atoms with van der Waals surface area (Å²) in [5.41, 5.74) is 7.02. The molecule has 0 aliphatic carbocycles. The molecular weight excluding hydrogens is 230 g/mol. The largest absolute Gasteiger partial charge is 0.394 e. The van der Waals surface area contributed by atoms with Crippen molar-refractivity contribution in [1.29, 1.82) is 0 Å². The quantitative estimate of drug-likeness (QED) is 0.699. The predicted octanol–water partition coefficient (Wildman–Crippen LogP) is 1.31. The molecule has 1 atom stereocenters. The Kier molecular flexibility index (Phi) is 6.91. The van der Waals surface area contributed by atoms with Crippen molar-refractivity contribution in [3.05, 3.63) is 35.9 Å². The van der Waals surface area contributed by atoms with Crippen LogP contribution in [0.2, 0.25) is 0 Å². The normalized spacial score (nSPS) is 12.5. The van der Waals surface area contributed by atoms with Gasteiger partial charge in [0.15, 0.2) is 0 Å². The molecule has 92 valence electrons. The molecule has 0 spiro atoms. The van der Waals surface area contributed by atoms with E-state index in [4.69, 9.17) is 23.3 Å². The number of nitrogens with two attached hydrogens (primary N) is 1. The van der Waals surface area contributed by atoms with Crippen LogP contribution in [-0.2, 0) is 16.8 Å². The van der Waals surface area contributed by atoms with E-state index in [2.05, 4.69) is 24.3 Å². The Hall–Kier alpha value is -0.950. The van der Waals surface area contributed by atoms with E-state index in [0.717, 1.165) is 12.8 Å². The van der Waals surface area contributed by atoms with Crippen molar-refractivity contribution >= 4 is 10.4 Å². The van der Waals surface area contributed by atoms with Crippen LogP contribution in [0, 0.1) is 0 Å². The molecule has 1 aromatic carbocycles. The van der Waals surface area contributed by atoms with Gasteiger partial charge in [-0.3, -0.25) is 9.11 Å². The minimum atomic E-state index is -4.67. The molecule has 6 heteroatoms. The van der Waals surface area contributed by atoms with Crippen molar-refractivity contribution < 1.29 is 17.5 Å². The zero-order valence-corrected chi connectivity index (χ0v) is 9.89. The maximum absolute atomic E-state index is 8.74. The maximum Gasteiger partial charge on any atom is 0.394 e. The molecule has 4 N–H and O–H groups in total. The molecule has 0 fully saturated rings. The van der Waals surface area contributed by atoms with Gasteiger partial charge in [0, 0.05) is 6.04 Å². The van der Waals surface area contributed by atoms with Gasteiger partial charge < -0.3 is 5.73 Å². The molecule has 0 radical (unpaired) electrons. The molecule has 0 amide bonds. The second-order valence-electron chi connectivity index (χ2n) is 3.45. The molecule has 1 rings (SSSR count). The van der Waals surface area contributed by atoms with E-state index in [0.29, 0.717) is 6.04 Å². The van der Waals surface area contributed by atoms with Gasteiger partial charge in [0.1, 0.15) is 0 Å². The van der Waals surface area contributed by atoms with Crippen LogP contribution in [0.4, 0.5) is 0 Å². The van der Waals surface area contributed by atoms with E-state index in [1.807, 2.05) is 13.0 Å². The number of rotatable bonds is 3. The summed E-state index contributed by atoms with van der Waals surface area (Å²) in [7, 11) is -4.67. The van der Waals surface area contributed by atoms with Gasteiger partial charge in [-0.05, 0) is 25.3 Å². The topological polar surface area (TPSA) is 101 Å². The molecule has 5 nitrogen and oxygen atoms in total. The molecule has 1 unspecified atom stereocenters. The Morgan fingerprint density at radius 1 is 1.25 bits per heavy atom. The predicted molar refractivity (Wildman–Crippen MR) is 62.6 cm³/mol.